The second-order valence-electron chi connectivity index (χ2n) is 5.54. The van der Waals surface area contributed by atoms with Crippen LogP contribution in [0.25, 0.3) is 0 Å². The van der Waals surface area contributed by atoms with Gasteiger partial charge in [0.15, 0.2) is 6.61 Å². The summed E-state index contributed by atoms with van der Waals surface area (Å²) >= 11 is 0. The zero-order valence-corrected chi connectivity index (χ0v) is 12.5. The fourth-order valence-corrected chi connectivity index (χ4v) is 2.62. The van der Waals surface area contributed by atoms with Gasteiger partial charge < -0.3 is 14.5 Å². The normalized spacial score (nSPS) is 16.5. The minimum Gasteiger partial charge on any atom is -0.469 e. The first-order valence-electron chi connectivity index (χ1n) is 7.54. The molecule has 0 atom stereocenters. The first-order valence-corrected chi connectivity index (χ1v) is 7.54. The summed E-state index contributed by atoms with van der Waals surface area (Å²) in [7, 11) is 0. The van der Waals surface area contributed by atoms with E-state index in [2.05, 4.69) is 11.4 Å². The third kappa shape index (κ3) is 4.62. The van der Waals surface area contributed by atoms with Crippen molar-refractivity contribution in [1.82, 2.24) is 5.32 Å². The third-order valence-corrected chi connectivity index (χ3v) is 3.82. The predicted octanol–water partition coefficient (Wildman–Crippen LogP) is 2.10. The van der Waals surface area contributed by atoms with Crippen LogP contribution in [0, 0.1) is 11.3 Å². The molecule has 2 rings (SSSR count). The Bertz CT molecular complexity index is 539. The van der Waals surface area contributed by atoms with Crippen molar-refractivity contribution in [2.45, 2.75) is 50.5 Å². The molecule has 0 spiro atoms. The van der Waals surface area contributed by atoms with Gasteiger partial charge in [-0.1, -0.05) is 19.3 Å². The van der Waals surface area contributed by atoms with Crippen LogP contribution in [0.15, 0.2) is 22.8 Å². The van der Waals surface area contributed by atoms with Gasteiger partial charge in [-0.15, -0.1) is 0 Å². The summed E-state index contributed by atoms with van der Waals surface area (Å²) in [5, 5.41) is 12.0. The molecule has 1 aromatic heterocycles. The van der Waals surface area contributed by atoms with Crippen LogP contribution in [0.5, 0.6) is 0 Å². The fraction of sp³-hybridized carbons (Fsp3) is 0.562. The van der Waals surface area contributed by atoms with Crippen molar-refractivity contribution in [2.24, 2.45) is 0 Å². The molecule has 0 radical (unpaired) electrons. The molecular formula is C16H20N2O4. The molecule has 0 saturated heterocycles. The van der Waals surface area contributed by atoms with Crippen molar-refractivity contribution in [3.63, 3.8) is 0 Å². The number of rotatable bonds is 6. The number of nitrogens with one attached hydrogen (secondary N) is 1. The number of esters is 1. The number of ether oxygens (including phenoxy) is 1. The average Bonchev–Trinajstić information content (AvgIpc) is 3.05. The van der Waals surface area contributed by atoms with E-state index < -0.39 is 17.4 Å². The minimum absolute atomic E-state index is 0.157. The molecule has 1 fully saturated rings. The van der Waals surface area contributed by atoms with Gasteiger partial charge in [-0.2, -0.15) is 5.26 Å². The largest absolute Gasteiger partial charge is 0.469 e. The lowest BCUT2D eigenvalue weighted by molar-refractivity contribution is -0.149. The van der Waals surface area contributed by atoms with E-state index >= 15 is 0 Å². The average molecular weight is 304 g/mol. The number of carbonyl (C=O) groups is 2. The molecule has 1 aromatic rings. The molecule has 1 aliphatic carbocycles. The standard InChI is InChI=1S/C16H20N2O4/c17-12-16(8-2-1-3-9-16)18-14(19)11-22-15(20)7-6-13-5-4-10-21-13/h4-5,10H,1-3,6-9,11H2,(H,18,19). The van der Waals surface area contributed by atoms with Crippen LogP contribution in [0.1, 0.15) is 44.3 Å². The zero-order chi connectivity index (χ0) is 15.8. The summed E-state index contributed by atoms with van der Waals surface area (Å²) in [6.07, 6.45) is 6.39. The highest BCUT2D eigenvalue weighted by molar-refractivity contribution is 5.81. The van der Waals surface area contributed by atoms with Crippen LogP contribution in [0.3, 0.4) is 0 Å². The maximum atomic E-state index is 11.9. The Morgan fingerprint density at radius 1 is 1.36 bits per heavy atom. The van der Waals surface area contributed by atoms with Crippen molar-refractivity contribution in [3.8, 4) is 6.07 Å². The van der Waals surface area contributed by atoms with Crippen molar-refractivity contribution in [2.75, 3.05) is 6.61 Å². The molecule has 6 nitrogen and oxygen atoms in total. The van der Waals surface area contributed by atoms with Crippen LogP contribution < -0.4 is 5.32 Å². The highest BCUT2D eigenvalue weighted by Gasteiger charge is 2.33. The number of aryl methyl sites for hydroxylation is 1. The number of carbonyl (C=O) groups excluding carboxylic acids is 2. The van der Waals surface area contributed by atoms with E-state index in [1.165, 1.54) is 0 Å². The molecule has 118 valence electrons. The van der Waals surface area contributed by atoms with E-state index in [4.69, 9.17) is 9.15 Å². The number of amides is 1. The van der Waals surface area contributed by atoms with E-state index in [0.717, 1.165) is 19.3 Å². The fourth-order valence-electron chi connectivity index (χ4n) is 2.62. The third-order valence-electron chi connectivity index (χ3n) is 3.82. The molecule has 1 saturated carbocycles. The van der Waals surface area contributed by atoms with E-state index in [1.54, 1.807) is 18.4 Å². The molecule has 6 heteroatoms. The van der Waals surface area contributed by atoms with E-state index in [9.17, 15) is 14.9 Å². The van der Waals surface area contributed by atoms with Gasteiger partial charge in [0.2, 0.25) is 0 Å². The van der Waals surface area contributed by atoms with Gasteiger partial charge in [0.1, 0.15) is 11.3 Å². The topological polar surface area (TPSA) is 92.3 Å². The van der Waals surface area contributed by atoms with Gasteiger partial charge in [0.25, 0.3) is 5.91 Å². The lowest BCUT2D eigenvalue weighted by Crippen LogP contribution is -2.50. The molecule has 1 heterocycles. The van der Waals surface area contributed by atoms with E-state index in [0.29, 0.717) is 25.0 Å². The van der Waals surface area contributed by atoms with Gasteiger partial charge in [0.05, 0.1) is 18.8 Å². The minimum atomic E-state index is -0.796. The number of furan rings is 1. The van der Waals surface area contributed by atoms with Crippen molar-refractivity contribution < 1.29 is 18.7 Å². The van der Waals surface area contributed by atoms with Crippen molar-refractivity contribution in [3.05, 3.63) is 24.2 Å². The van der Waals surface area contributed by atoms with Crippen LogP contribution in [-0.4, -0.2) is 24.0 Å². The second kappa shape index (κ2) is 7.64. The van der Waals surface area contributed by atoms with Gasteiger partial charge in [-0.3, -0.25) is 9.59 Å². The van der Waals surface area contributed by atoms with Gasteiger partial charge in [-0.05, 0) is 25.0 Å². The summed E-state index contributed by atoms with van der Waals surface area (Å²) in [5.41, 5.74) is -0.796. The Balaban J connectivity index is 1.70. The molecule has 1 amide bonds. The van der Waals surface area contributed by atoms with Gasteiger partial charge in [-0.25, -0.2) is 0 Å². The van der Waals surface area contributed by atoms with Crippen LogP contribution in [-0.2, 0) is 20.7 Å². The molecule has 22 heavy (non-hydrogen) atoms. The van der Waals surface area contributed by atoms with Crippen LogP contribution in [0.4, 0.5) is 0 Å². The zero-order valence-electron chi connectivity index (χ0n) is 12.5. The Hall–Kier alpha value is -2.29. The Kier molecular flexibility index (Phi) is 5.59. The molecular weight excluding hydrogens is 284 g/mol. The molecule has 1 aliphatic rings. The summed E-state index contributed by atoms with van der Waals surface area (Å²) < 4.78 is 10.0. The molecule has 0 aromatic carbocycles. The second-order valence-corrected chi connectivity index (χ2v) is 5.54. The van der Waals surface area contributed by atoms with Crippen LogP contribution >= 0.6 is 0 Å². The lowest BCUT2D eigenvalue weighted by atomic mass is 9.83. The van der Waals surface area contributed by atoms with E-state index in [-0.39, 0.29) is 13.0 Å². The molecule has 1 N–H and O–H groups in total. The number of nitriles is 1. The molecule has 0 bridgehead atoms. The Morgan fingerprint density at radius 2 is 2.14 bits per heavy atom. The van der Waals surface area contributed by atoms with Crippen molar-refractivity contribution >= 4 is 11.9 Å². The number of hydrogen-bond donors (Lipinski definition) is 1. The summed E-state index contributed by atoms with van der Waals surface area (Å²) in [4.78, 5) is 23.4. The maximum Gasteiger partial charge on any atom is 0.306 e. The molecule has 0 unspecified atom stereocenters. The first kappa shape index (κ1) is 16.1. The summed E-state index contributed by atoms with van der Waals surface area (Å²) in [5.74, 6) is -0.178. The quantitative estimate of drug-likeness (QED) is 0.812. The summed E-state index contributed by atoms with van der Waals surface area (Å²) in [6.45, 7) is -0.347. The van der Waals surface area contributed by atoms with Gasteiger partial charge in [0, 0.05) is 6.42 Å². The van der Waals surface area contributed by atoms with Gasteiger partial charge >= 0.3 is 5.97 Å². The smallest absolute Gasteiger partial charge is 0.306 e. The molecule has 0 aliphatic heterocycles. The lowest BCUT2D eigenvalue weighted by Gasteiger charge is -2.31. The van der Waals surface area contributed by atoms with E-state index in [1.807, 2.05) is 0 Å². The Labute approximate surface area is 129 Å². The highest BCUT2D eigenvalue weighted by Crippen LogP contribution is 2.27. The number of hydrogen-bond acceptors (Lipinski definition) is 5. The van der Waals surface area contributed by atoms with Crippen molar-refractivity contribution in [1.29, 1.82) is 5.26 Å². The first-order chi connectivity index (χ1) is 10.6. The number of nitrogens with zero attached hydrogens (tertiary/aromatic N) is 1. The maximum absolute atomic E-state index is 11.9. The summed E-state index contributed by atoms with van der Waals surface area (Å²) in [6, 6.07) is 5.72. The SMILES string of the molecule is N#CC1(NC(=O)COC(=O)CCc2ccco2)CCCCC1. The highest BCUT2D eigenvalue weighted by atomic mass is 16.5. The predicted molar refractivity (Wildman–Crippen MR) is 77.6 cm³/mol. The Morgan fingerprint density at radius 3 is 2.77 bits per heavy atom. The van der Waals surface area contributed by atoms with Crippen LogP contribution in [0.2, 0.25) is 0 Å². The monoisotopic (exact) mass is 304 g/mol.